The van der Waals surface area contributed by atoms with Gasteiger partial charge < -0.3 is 15.0 Å². The molecule has 0 amide bonds. The number of aromatic nitrogens is 2. The van der Waals surface area contributed by atoms with Crippen molar-refractivity contribution in [1.29, 1.82) is 0 Å². The molecule has 2 heterocycles. The van der Waals surface area contributed by atoms with E-state index < -0.39 is 0 Å². The molecule has 1 aromatic heterocycles. The van der Waals surface area contributed by atoms with Gasteiger partial charge in [0.15, 0.2) is 5.82 Å². The first kappa shape index (κ1) is 11.5. The average molecular weight is 239 g/mol. The topological polar surface area (TPSA) is 53.1 Å². The highest BCUT2D eigenvalue weighted by atomic mass is 32.1. The van der Waals surface area contributed by atoms with Crippen LogP contribution >= 0.6 is 12.2 Å². The summed E-state index contributed by atoms with van der Waals surface area (Å²) < 4.78 is 7.59. The van der Waals surface area contributed by atoms with Gasteiger partial charge in [0.1, 0.15) is 4.99 Å². The largest absolute Gasteiger partial charge is 0.387 e. The lowest BCUT2D eigenvalue weighted by molar-refractivity contribution is 0.101. The molecule has 2 N–H and O–H groups in total. The Kier molecular flexibility index (Phi) is 3.90. The van der Waals surface area contributed by atoms with Crippen LogP contribution in [0.5, 0.6) is 0 Å². The predicted octanol–water partition coefficient (Wildman–Crippen LogP) is 1.48. The summed E-state index contributed by atoms with van der Waals surface area (Å²) in [6.07, 6.45) is 8.70. The molecule has 0 radical (unpaired) electrons. The van der Waals surface area contributed by atoms with Gasteiger partial charge in [-0.05, 0) is 25.7 Å². The van der Waals surface area contributed by atoms with E-state index >= 15 is 0 Å². The summed E-state index contributed by atoms with van der Waals surface area (Å²) in [6.45, 7) is 1.83. The minimum atomic E-state index is 0.363. The maximum atomic E-state index is 5.58. The maximum absolute atomic E-state index is 5.58. The van der Waals surface area contributed by atoms with Crippen LogP contribution in [0.3, 0.4) is 0 Å². The molecule has 1 atom stereocenters. The molecular weight excluding hydrogens is 222 g/mol. The van der Waals surface area contributed by atoms with Crippen LogP contribution in [-0.2, 0) is 11.3 Å². The number of ether oxygens (including phenoxy) is 1. The van der Waals surface area contributed by atoms with Crippen molar-refractivity contribution in [3.8, 4) is 0 Å². The molecular formula is C11H17N3OS. The van der Waals surface area contributed by atoms with Gasteiger partial charge in [-0.15, -0.1) is 0 Å². The first-order valence-electron chi connectivity index (χ1n) is 5.70. The highest BCUT2D eigenvalue weighted by molar-refractivity contribution is 7.80. The van der Waals surface area contributed by atoms with Crippen LogP contribution in [0, 0.1) is 0 Å². The maximum Gasteiger partial charge on any atom is 0.167 e. The third-order valence-electron chi connectivity index (χ3n) is 2.88. The number of hydrogen-bond acceptors (Lipinski definition) is 3. The minimum absolute atomic E-state index is 0.363. The van der Waals surface area contributed by atoms with Crippen LogP contribution in [-0.4, -0.2) is 27.3 Å². The first-order chi connectivity index (χ1) is 7.77. The Morgan fingerprint density at radius 1 is 1.69 bits per heavy atom. The smallest absolute Gasteiger partial charge is 0.167 e. The van der Waals surface area contributed by atoms with Crippen molar-refractivity contribution in [1.82, 2.24) is 9.55 Å². The molecule has 2 rings (SSSR count). The third-order valence-corrected chi connectivity index (χ3v) is 3.07. The van der Waals surface area contributed by atoms with Crippen molar-refractivity contribution < 1.29 is 4.74 Å². The van der Waals surface area contributed by atoms with E-state index in [1.807, 2.05) is 10.8 Å². The van der Waals surface area contributed by atoms with Gasteiger partial charge in [-0.2, -0.15) is 0 Å². The van der Waals surface area contributed by atoms with Crippen LogP contribution in [0.2, 0.25) is 0 Å². The summed E-state index contributed by atoms with van der Waals surface area (Å²) in [7, 11) is 0. The fraction of sp³-hybridized carbons (Fsp3) is 0.636. The van der Waals surface area contributed by atoms with Crippen molar-refractivity contribution in [2.24, 2.45) is 5.73 Å². The van der Waals surface area contributed by atoms with E-state index in [0.29, 0.717) is 16.9 Å². The van der Waals surface area contributed by atoms with Crippen molar-refractivity contribution in [2.75, 3.05) is 6.61 Å². The highest BCUT2D eigenvalue weighted by Gasteiger charge is 2.15. The van der Waals surface area contributed by atoms with Crippen molar-refractivity contribution >= 4 is 17.2 Å². The molecule has 5 heteroatoms. The standard InChI is InChI=1S/C11H17N3OS/c12-10(16)11-13-5-7-14(11)6-1-3-9-4-2-8-15-9/h5,7,9H,1-4,6,8H2,(H2,12,16). The summed E-state index contributed by atoms with van der Waals surface area (Å²) in [5.41, 5.74) is 5.58. The Balaban J connectivity index is 1.80. The molecule has 0 spiro atoms. The molecule has 0 saturated carbocycles. The Morgan fingerprint density at radius 2 is 2.56 bits per heavy atom. The molecule has 1 unspecified atom stereocenters. The molecule has 0 aliphatic carbocycles. The van der Waals surface area contributed by atoms with E-state index in [2.05, 4.69) is 4.98 Å². The fourth-order valence-corrected chi connectivity index (χ4v) is 2.25. The fourth-order valence-electron chi connectivity index (χ4n) is 2.08. The molecule has 88 valence electrons. The van der Waals surface area contributed by atoms with Crippen LogP contribution < -0.4 is 5.73 Å². The SMILES string of the molecule is NC(=S)c1nccn1CCCC1CCCO1. The van der Waals surface area contributed by atoms with E-state index in [1.165, 1.54) is 12.8 Å². The predicted molar refractivity (Wildman–Crippen MR) is 66.3 cm³/mol. The van der Waals surface area contributed by atoms with Gasteiger partial charge in [0.05, 0.1) is 6.10 Å². The van der Waals surface area contributed by atoms with Gasteiger partial charge in [-0.25, -0.2) is 4.98 Å². The zero-order chi connectivity index (χ0) is 11.4. The van der Waals surface area contributed by atoms with E-state index in [-0.39, 0.29) is 0 Å². The van der Waals surface area contributed by atoms with E-state index in [0.717, 1.165) is 26.0 Å². The monoisotopic (exact) mass is 239 g/mol. The number of rotatable bonds is 5. The second kappa shape index (κ2) is 5.41. The highest BCUT2D eigenvalue weighted by Crippen LogP contribution is 2.17. The van der Waals surface area contributed by atoms with Crippen LogP contribution in [0.1, 0.15) is 31.5 Å². The summed E-state index contributed by atoms with van der Waals surface area (Å²) in [5, 5.41) is 0. The zero-order valence-corrected chi connectivity index (χ0v) is 10.1. The molecule has 16 heavy (non-hydrogen) atoms. The van der Waals surface area contributed by atoms with Crippen molar-refractivity contribution in [2.45, 2.75) is 38.3 Å². The quantitative estimate of drug-likeness (QED) is 0.791. The lowest BCUT2D eigenvalue weighted by atomic mass is 10.1. The number of imidazole rings is 1. The first-order valence-corrected chi connectivity index (χ1v) is 6.11. The number of thiocarbonyl (C=S) groups is 1. The van der Waals surface area contributed by atoms with E-state index in [4.69, 9.17) is 22.7 Å². The summed E-state index contributed by atoms with van der Waals surface area (Å²) in [5.74, 6) is 0.711. The van der Waals surface area contributed by atoms with Gasteiger partial charge >= 0.3 is 0 Å². The van der Waals surface area contributed by atoms with Gasteiger partial charge in [0, 0.05) is 25.5 Å². The van der Waals surface area contributed by atoms with Gasteiger partial charge in [-0.3, -0.25) is 0 Å². The second-order valence-corrected chi connectivity index (χ2v) is 4.53. The number of nitrogens with zero attached hydrogens (tertiary/aromatic N) is 2. The summed E-state index contributed by atoms with van der Waals surface area (Å²) in [4.78, 5) is 4.49. The Bertz CT molecular complexity index is 358. The number of nitrogens with two attached hydrogens (primary N) is 1. The molecule has 1 saturated heterocycles. The average Bonchev–Trinajstić information content (AvgIpc) is 2.87. The molecule has 1 aromatic rings. The van der Waals surface area contributed by atoms with Gasteiger partial charge in [-0.1, -0.05) is 12.2 Å². The molecule has 1 aliphatic heterocycles. The summed E-state index contributed by atoms with van der Waals surface area (Å²) >= 11 is 4.93. The molecule has 1 fully saturated rings. The number of hydrogen-bond donors (Lipinski definition) is 1. The molecule has 1 aliphatic rings. The van der Waals surface area contributed by atoms with Crippen LogP contribution in [0.15, 0.2) is 12.4 Å². The molecule has 4 nitrogen and oxygen atoms in total. The Morgan fingerprint density at radius 3 is 3.25 bits per heavy atom. The third kappa shape index (κ3) is 2.80. The van der Waals surface area contributed by atoms with E-state index in [1.54, 1.807) is 6.20 Å². The second-order valence-electron chi connectivity index (χ2n) is 4.09. The van der Waals surface area contributed by atoms with E-state index in [9.17, 15) is 0 Å². The number of aryl methyl sites for hydroxylation is 1. The van der Waals surface area contributed by atoms with Gasteiger partial charge in [0.25, 0.3) is 0 Å². The van der Waals surface area contributed by atoms with Crippen molar-refractivity contribution in [3.63, 3.8) is 0 Å². The Hall–Kier alpha value is -0.940. The molecule has 0 bridgehead atoms. The lowest BCUT2D eigenvalue weighted by Gasteiger charge is -2.10. The molecule has 0 aromatic carbocycles. The minimum Gasteiger partial charge on any atom is -0.387 e. The van der Waals surface area contributed by atoms with Crippen molar-refractivity contribution in [3.05, 3.63) is 18.2 Å². The van der Waals surface area contributed by atoms with Crippen LogP contribution in [0.4, 0.5) is 0 Å². The Labute approximate surface area is 101 Å². The zero-order valence-electron chi connectivity index (χ0n) is 9.26. The summed E-state index contributed by atoms with van der Waals surface area (Å²) in [6, 6.07) is 0. The van der Waals surface area contributed by atoms with Crippen LogP contribution in [0.25, 0.3) is 0 Å². The normalized spacial score (nSPS) is 20.1. The van der Waals surface area contributed by atoms with Gasteiger partial charge in [0.2, 0.25) is 0 Å². The lowest BCUT2D eigenvalue weighted by Crippen LogP contribution is -2.17.